The van der Waals surface area contributed by atoms with E-state index >= 15 is 0 Å². The van der Waals surface area contributed by atoms with Crippen LogP contribution in [0, 0.1) is 13.8 Å². The molecule has 1 aliphatic rings. The van der Waals surface area contributed by atoms with E-state index < -0.39 is 0 Å². The van der Waals surface area contributed by atoms with Gasteiger partial charge in [0.05, 0.1) is 36.3 Å². The molecule has 0 aliphatic carbocycles. The Labute approximate surface area is 148 Å². The first-order valence-electron chi connectivity index (χ1n) is 8.81. The van der Waals surface area contributed by atoms with E-state index in [9.17, 15) is 4.79 Å². The number of aromatic amines is 1. The summed E-state index contributed by atoms with van der Waals surface area (Å²) in [4.78, 5) is 14.5. The zero-order valence-electron chi connectivity index (χ0n) is 14.9. The van der Waals surface area contributed by atoms with Gasteiger partial charge >= 0.3 is 0 Å². The highest BCUT2D eigenvalue weighted by Crippen LogP contribution is 2.16. The quantitative estimate of drug-likeness (QED) is 0.845. The first-order valence-corrected chi connectivity index (χ1v) is 8.81. The molecule has 134 valence electrons. The minimum absolute atomic E-state index is 0.00342. The van der Waals surface area contributed by atoms with Crippen molar-refractivity contribution < 1.29 is 9.53 Å². The van der Waals surface area contributed by atoms with E-state index in [1.54, 1.807) is 0 Å². The van der Waals surface area contributed by atoms with E-state index in [1.165, 1.54) is 5.56 Å². The van der Waals surface area contributed by atoms with Crippen LogP contribution in [0.4, 0.5) is 5.69 Å². The van der Waals surface area contributed by atoms with Crippen LogP contribution >= 0.6 is 0 Å². The molecule has 0 spiro atoms. The summed E-state index contributed by atoms with van der Waals surface area (Å²) in [5.41, 5.74) is 3.81. The summed E-state index contributed by atoms with van der Waals surface area (Å²) in [5, 5.41) is 9.96. The summed E-state index contributed by atoms with van der Waals surface area (Å²) in [6.45, 7) is 6.44. The second kappa shape index (κ2) is 8.27. The molecule has 1 aliphatic heterocycles. The molecule has 1 unspecified atom stereocenters. The highest BCUT2D eigenvalue weighted by atomic mass is 16.5. The SMILES string of the molecule is Cc1n[nH]c(C)c1NC(=O)CN1CCOC(CCc2ccccc2)C1. The van der Waals surface area contributed by atoms with Crippen molar-refractivity contribution >= 4 is 11.6 Å². The van der Waals surface area contributed by atoms with Crippen LogP contribution in [0.1, 0.15) is 23.4 Å². The van der Waals surface area contributed by atoms with Crippen molar-refractivity contribution in [2.45, 2.75) is 32.8 Å². The summed E-state index contributed by atoms with van der Waals surface area (Å²) in [6, 6.07) is 10.4. The average molecular weight is 342 g/mol. The van der Waals surface area contributed by atoms with E-state index in [-0.39, 0.29) is 12.0 Å². The minimum Gasteiger partial charge on any atom is -0.376 e. The lowest BCUT2D eigenvalue weighted by Crippen LogP contribution is -2.45. The lowest BCUT2D eigenvalue weighted by molar-refractivity contribution is -0.119. The van der Waals surface area contributed by atoms with Gasteiger partial charge in [0.1, 0.15) is 0 Å². The van der Waals surface area contributed by atoms with Gasteiger partial charge < -0.3 is 10.1 Å². The van der Waals surface area contributed by atoms with Crippen molar-refractivity contribution in [1.29, 1.82) is 0 Å². The van der Waals surface area contributed by atoms with Crippen molar-refractivity contribution in [3.63, 3.8) is 0 Å². The molecule has 1 saturated heterocycles. The number of anilines is 1. The maximum absolute atomic E-state index is 12.3. The Balaban J connectivity index is 1.47. The molecule has 2 N–H and O–H groups in total. The van der Waals surface area contributed by atoms with Crippen LogP contribution in [0.5, 0.6) is 0 Å². The number of amides is 1. The van der Waals surface area contributed by atoms with Gasteiger partial charge in [0.2, 0.25) is 5.91 Å². The Morgan fingerprint density at radius 3 is 2.88 bits per heavy atom. The summed E-state index contributed by atoms with van der Waals surface area (Å²) in [5.74, 6) is -0.00342. The first kappa shape index (κ1) is 17.6. The predicted molar refractivity (Wildman–Crippen MR) is 97.6 cm³/mol. The molecule has 1 atom stereocenters. The second-order valence-electron chi connectivity index (χ2n) is 6.61. The number of hydrogen-bond donors (Lipinski definition) is 2. The summed E-state index contributed by atoms with van der Waals surface area (Å²) >= 11 is 0. The van der Waals surface area contributed by atoms with Gasteiger partial charge in [-0.05, 0) is 32.3 Å². The third-order valence-corrected chi connectivity index (χ3v) is 4.58. The molecule has 2 heterocycles. The Kier molecular flexibility index (Phi) is 5.83. The number of aryl methyl sites for hydroxylation is 3. The highest BCUT2D eigenvalue weighted by Gasteiger charge is 2.22. The van der Waals surface area contributed by atoms with Crippen molar-refractivity contribution in [1.82, 2.24) is 15.1 Å². The molecule has 1 amide bonds. The maximum atomic E-state index is 12.3. The van der Waals surface area contributed by atoms with E-state index in [0.717, 1.165) is 43.0 Å². The molecule has 3 rings (SSSR count). The third-order valence-electron chi connectivity index (χ3n) is 4.58. The Morgan fingerprint density at radius 1 is 1.36 bits per heavy atom. The maximum Gasteiger partial charge on any atom is 0.238 e. The van der Waals surface area contributed by atoms with Gasteiger partial charge in [0.25, 0.3) is 0 Å². The number of aromatic nitrogens is 2. The van der Waals surface area contributed by atoms with Crippen molar-refractivity contribution in [2.75, 3.05) is 31.6 Å². The number of hydrogen-bond acceptors (Lipinski definition) is 4. The van der Waals surface area contributed by atoms with Crippen LogP contribution in [-0.2, 0) is 16.0 Å². The number of H-pyrrole nitrogens is 1. The zero-order valence-corrected chi connectivity index (χ0v) is 14.9. The summed E-state index contributed by atoms with van der Waals surface area (Å²) in [6.07, 6.45) is 2.15. The number of benzene rings is 1. The number of nitrogens with one attached hydrogen (secondary N) is 2. The number of nitrogens with zero attached hydrogens (tertiary/aromatic N) is 2. The monoisotopic (exact) mass is 342 g/mol. The fraction of sp³-hybridized carbons (Fsp3) is 0.474. The molecule has 1 aromatic heterocycles. The van der Waals surface area contributed by atoms with Gasteiger partial charge in [0, 0.05) is 13.1 Å². The van der Waals surface area contributed by atoms with Gasteiger partial charge in [-0.3, -0.25) is 14.8 Å². The van der Waals surface area contributed by atoms with Gasteiger partial charge in [0.15, 0.2) is 0 Å². The van der Waals surface area contributed by atoms with E-state index in [2.05, 4.69) is 44.7 Å². The van der Waals surface area contributed by atoms with Crippen LogP contribution in [0.2, 0.25) is 0 Å². The second-order valence-corrected chi connectivity index (χ2v) is 6.61. The predicted octanol–water partition coefficient (Wildman–Crippen LogP) is 2.30. The summed E-state index contributed by atoms with van der Waals surface area (Å²) < 4.78 is 5.87. The molecular formula is C19H26N4O2. The molecular weight excluding hydrogens is 316 g/mol. The topological polar surface area (TPSA) is 70.2 Å². The van der Waals surface area contributed by atoms with Gasteiger partial charge in [-0.25, -0.2) is 0 Å². The van der Waals surface area contributed by atoms with Crippen LogP contribution in [0.3, 0.4) is 0 Å². The molecule has 6 nitrogen and oxygen atoms in total. The highest BCUT2D eigenvalue weighted by molar-refractivity contribution is 5.93. The number of ether oxygens (including phenoxy) is 1. The van der Waals surface area contributed by atoms with Crippen LogP contribution in [0.15, 0.2) is 30.3 Å². The third kappa shape index (κ3) is 4.90. The van der Waals surface area contributed by atoms with Crippen LogP contribution in [-0.4, -0.2) is 53.3 Å². The number of carbonyl (C=O) groups is 1. The first-order chi connectivity index (χ1) is 12.1. The molecule has 0 bridgehead atoms. The molecule has 0 radical (unpaired) electrons. The van der Waals surface area contributed by atoms with Gasteiger partial charge in [-0.1, -0.05) is 30.3 Å². The Bertz CT molecular complexity index is 679. The molecule has 2 aromatic rings. The zero-order chi connectivity index (χ0) is 17.6. The van der Waals surface area contributed by atoms with Crippen LogP contribution < -0.4 is 5.32 Å². The van der Waals surface area contributed by atoms with Gasteiger partial charge in [-0.2, -0.15) is 5.10 Å². The van der Waals surface area contributed by atoms with E-state index in [4.69, 9.17) is 4.74 Å². The molecule has 1 fully saturated rings. The van der Waals surface area contributed by atoms with Crippen molar-refractivity contribution in [3.8, 4) is 0 Å². The largest absolute Gasteiger partial charge is 0.376 e. The minimum atomic E-state index is -0.00342. The standard InChI is InChI=1S/C19H26N4O2/c1-14-19(15(2)22-21-14)20-18(24)13-23-10-11-25-17(12-23)9-8-16-6-4-3-5-7-16/h3-7,17H,8-13H2,1-2H3,(H,20,24)(H,21,22). The molecule has 6 heteroatoms. The average Bonchev–Trinajstić information content (AvgIpc) is 2.93. The number of carbonyl (C=O) groups excluding carboxylic acids is 1. The van der Waals surface area contributed by atoms with Gasteiger partial charge in [-0.15, -0.1) is 0 Å². The lowest BCUT2D eigenvalue weighted by atomic mass is 10.1. The molecule has 0 saturated carbocycles. The van der Waals surface area contributed by atoms with Crippen LogP contribution in [0.25, 0.3) is 0 Å². The van der Waals surface area contributed by atoms with E-state index in [0.29, 0.717) is 13.2 Å². The number of rotatable bonds is 6. The van der Waals surface area contributed by atoms with E-state index in [1.807, 2.05) is 19.9 Å². The summed E-state index contributed by atoms with van der Waals surface area (Å²) in [7, 11) is 0. The van der Waals surface area contributed by atoms with Crippen molar-refractivity contribution in [2.24, 2.45) is 0 Å². The van der Waals surface area contributed by atoms with Crippen molar-refractivity contribution in [3.05, 3.63) is 47.3 Å². The fourth-order valence-corrected chi connectivity index (χ4v) is 3.19. The fourth-order valence-electron chi connectivity index (χ4n) is 3.19. The Hall–Kier alpha value is -2.18. The molecule has 25 heavy (non-hydrogen) atoms. The normalized spacial score (nSPS) is 18.2. The smallest absolute Gasteiger partial charge is 0.238 e. The molecule has 1 aromatic carbocycles. The lowest BCUT2D eigenvalue weighted by Gasteiger charge is -2.32. The number of morpholine rings is 1. The Morgan fingerprint density at radius 2 is 2.16 bits per heavy atom.